The number of hydrazone groups is 1. The molecule has 0 spiro atoms. The summed E-state index contributed by atoms with van der Waals surface area (Å²) in [6.07, 6.45) is 4.58. The fourth-order valence-corrected chi connectivity index (χ4v) is 2.38. The Morgan fingerprint density at radius 2 is 2.00 bits per heavy atom. The first-order valence-corrected chi connectivity index (χ1v) is 7.96. The number of nitrogens with two attached hydrogens (primary N) is 1. The molecule has 10 heteroatoms. The number of amides is 1. The van der Waals surface area contributed by atoms with Crippen LogP contribution in [-0.2, 0) is 12.8 Å². The predicted octanol–water partition coefficient (Wildman–Crippen LogP) is 2.66. The number of aromatic nitrogens is 2. The Morgan fingerprint density at radius 1 is 1.18 bits per heavy atom. The summed E-state index contributed by atoms with van der Waals surface area (Å²) in [4.78, 5) is 19.4. The third-order valence-corrected chi connectivity index (χ3v) is 3.66. The summed E-state index contributed by atoms with van der Waals surface area (Å²) < 4.78 is 43.3. The quantitative estimate of drug-likeness (QED) is 0.819. The fraction of sp³-hybridized carbons (Fsp3) is 0.111. The second-order valence-electron chi connectivity index (χ2n) is 5.60. The summed E-state index contributed by atoms with van der Waals surface area (Å²) in [5, 5.41) is 3.94. The van der Waals surface area contributed by atoms with E-state index in [1.807, 2.05) is 0 Å². The first kappa shape index (κ1) is 19.1. The van der Waals surface area contributed by atoms with Crippen LogP contribution in [0.15, 0.2) is 53.9 Å². The number of pyridine rings is 2. The van der Waals surface area contributed by atoms with Gasteiger partial charge < -0.3 is 10.5 Å². The maximum Gasteiger partial charge on any atom is 0.433 e. The molecule has 0 aliphatic carbocycles. The van der Waals surface area contributed by atoms with Crippen molar-refractivity contribution in [2.24, 2.45) is 10.8 Å². The van der Waals surface area contributed by atoms with Crippen molar-refractivity contribution in [1.29, 1.82) is 0 Å². The van der Waals surface area contributed by atoms with Crippen molar-refractivity contribution in [2.75, 3.05) is 0 Å². The van der Waals surface area contributed by atoms with Gasteiger partial charge in [-0.1, -0.05) is 12.1 Å². The van der Waals surface area contributed by atoms with Crippen molar-refractivity contribution in [3.8, 4) is 5.88 Å². The SMILES string of the molecule is NC(=O)c1c(C2=CC=CC=NN2)ccnc1OCc1ccc(C(F)(F)F)nc1. The second-order valence-corrected chi connectivity index (χ2v) is 5.60. The molecule has 0 bridgehead atoms. The van der Waals surface area contributed by atoms with Crippen LogP contribution in [0.2, 0.25) is 0 Å². The highest BCUT2D eigenvalue weighted by Gasteiger charge is 2.32. The van der Waals surface area contributed by atoms with Gasteiger partial charge in [-0.3, -0.25) is 15.2 Å². The molecule has 28 heavy (non-hydrogen) atoms. The van der Waals surface area contributed by atoms with Crippen LogP contribution >= 0.6 is 0 Å². The molecule has 0 radical (unpaired) electrons. The number of carbonyl (C=O) groups excluding carboxylic acids is 1. The van der Waals surface area contributed by atoms with Gasteiger partial charge in [-0.15, -0.1) is 0 Å². The molecule has 1 aliphatic heterocycles. The number of nitrogens with one attached hydrogen (secondary N) is 1. The normalized spacial score (nSPS) is 13.5. The molecular weight excluding hydrogens is 375 g/mol. The van der Waals surface area contributed by atoms with E-state index in [1.165, 1.54) is 18.5 Å². The Labute approximate surface area is 157 Å². The van der Waals surface area contributed by atoms with Gasteiger partial charge in [0.2, 0.25) is 5.88 Å². The minimum Gasteiger partial charge on any atom is -0.472 e. The van der Waals surface area contributed by atoms with Gasteiger partial charge in [-0.2, -0.15) is 18.3 Å². The Kier molecular flexibility index (Phi) is 5.39. The molecule has 0 unspecified atom stereocenters. The smallest absolute Gasteiger partial charge is 0.433 e. The predicted molar refractivity (Wildman–Crippen MR) is 95.1 cm³/mol. The summed E-state index contributed by atoms with van der Waals surface area (Å²) in [5.41, 5.74) is 8.57. The van der Waals surface area contributed by atoms with Gasteiger partial charge in [-0.25, -0.2) is 4.98 Å². The number of hydrogen-bond donors (Lipinski definition) is 2. The lowest BCUT2D eigenvalue weighted by atomic mass is 10.1. The Bertz CT molecular complexity index is 966. The Balaban J connectivity index is 1.85. The molecule has 1 aliphatic rings. The second kappa shape index (κ2) is 7.91. The minimum atomic E-state index is -4.52. The molecule has 0 saturated carbocycles. The minimum absolute atomic E-state index is 0.0200. The number of primary amides is 1. The van der Waals surface area contributed by atoms with Crippen LogP contribution in [0.1, 0.15) is 27.2 Å². The van der Waals surface area contributed by atoms with Crippen LogP contribution in [0.3, 0.4) is 0 Å². The van der Waals surface area contributed by atoms with E-state index in [2.05, 4.69) is 20.5 Å². The number of hydrogen-bond acceptors (Lipinski definition) is 6. The maximum atomic E-state index is 12.6. The van der Waals surface area contributed by atoms with Gasteiger partial charge in [0.05, 0.1) is 5.70 Å². The number of ether oxygens (including phenoxy) is 1. The molecule has 0 saturated heterocycles. The summed E-state index contributed by atoms with van der Waals surface area (Å²) in [7, 11) is 0. The van der Waals surface area contributed by atoms with Crippen LogP contribution in [0.4, 0.5) is 13.2 Å². The Hall–Kier alpha value is -3.69. The molecule has 0 aromatic carbocycles. The molecule has 3 rings (SSSR count). The van der Waals surface area contributed by atoms with E-state index in [0.29, 0.717) is 16.8 Å². The fourth-order valence-electron chi connectivity index (χ4n) is 2.38. The van der Waals surface area contributed by atoms with Gasteiger partial charge in [0.1, 0.15) is 17.9 Å². The monoisotopic (exact) mass is 389 g/mol. The molecule has 7 nitrogen and oxygen atoms in total. The molecule has 1 amide bonds. The van der Waals surface area contributed by atoms with E-state index in [4.69, 9.17) is 10.5 Å². The highest BCUT2D eigenvalue weighted by molar-refractivity contribution is 6.00. The van der Waals surface area contributed by atoms with Gasteiger partial charge >= 0.3 is 6.18 Å². The molecule has 3 heterocycles. The van der Waals surface area contributed by atoms with E-state index < -0.39 is 17.8 Å². The summed E-state index contributed by atoms with van der Waals surface area (Å²) in [6.45, 7) is -0.146. The number of carbonyl (C=O) groups is 1. The molecule has 2 aromatic rings. The lowest BCUT2D eigenvalue weighted by molar-refractivity contribution is -0.141. The van der Waals surface area contributed by atoms with E-state index in [0.717, 1.165) is 12.3 Å². The zero-order valence-electron chi connectivity index (χ0n) is 14.3. The molecule has 3 N–H and O–H groups in total. The van der Waals surface area contributed by atoms with Crippen LogP contribution in [0.5, 0.6) is 5.88 Å². The van der Waals surface area contributed by atoms with Crippen LogP contribution in [-0.4, -0.2) is 22.1 Å². The van der Waals surface area contributed by atoms with Crippen molar-refractivity contribution in [3.05, 3.63) is 71.2 Å². The maximum absolute atomic E-state index is 12.6. The van der Waals surface area contributed by atoms with E-state index >= 15 is 0 Å². The third kappa shape index (κ3) is 4.34. The highest BCUT2D eigenvalue weighted by atomic mass is 19.4. The molecule has 144 valence electrons. The van der Waals surface area contributed by atoms with Crippen molar-refractivity contribution < 1.29 is 22.7 Å². The van der Waals surface area contributed by atoms with E-state index in [9.17, 15) is 18.0 Å². The van der Waals surface area contributed by atoms with Gasteiger partial charge in [0.25, 0.3) is 5.91 Å². The number of halogens is 3. The molecular formula is C18H14F3N5O2. The first-order valence-electron chi connectivity index (χ1n) is 7.96. The zero-order chi connectivity index (χ0) is 20.1. The number of allylic oxidation sites excluding steroid dienone is 3. The summed E-state index contributed by atoms with van der Waals surface area (Å²) in [5.74, 6) is -0.826. The summed E-state index contributed by atoms with van der Waals surface area (Å²) in [6, 6.07) is 3.65. The van der Waals surface area contributed by atoms with Crippen molar-refractivity contribution in [1.82, 2.24) is 15.4 Å². The number of alkyl halides is 3. The number of nitrogens with zero attached hydrogens (tertiary/aromatic N) is 3. The lowest BCUT2D eigenvalue weighted by Crippen LogP contribution is -2.18. The molecule has 0 atom stereocenters. The summed E-state index contributed by atoms with van der Waals surface area (Å²) >= 11 is 0. The third-order valence-electron chi connectivity index (χ3n) is 3.66. The number of rotatable bonds is 5. The van der Waals surface area contributed by atoms with E-state index in [-0.39, 0.29) is 18.1 Å². The average Bonchev–Trinajstić information content (AvgIpc) is 2.95. The van der Waals surface area contributed by atoms with Crippen molar-refractivity contribution in [2.45, 2.75) is 12.8 Å². The van der Waals surface area contributed by atoms with Gasteiger partial charge in [0.15, 0.2) is 0 Å². The largest absolute Gasteiger partial charge is 0.472 e. The van der Waals surface area contributed by atoms with E-state index in [1.54, 1.807) is 24.3 Å². The topological polar surface area (TPSA) is 102 Å². The first-order chi connectivity index (χ1) is 13.4. The Morgan fingerprint density at radius 3 is 2.68 bits per heavy atom. The van der Waals surface area contributed by atoms with Gasteiger partial charge in [-0.05, 0) is 24.3 Å². The highest BCUT2D eigenvalue weighted by Crippen LogP contribution is 2.28. The van der Waals surface area contributed by atoms with Crippen LogP contribution in [0, 0.1) is 0 Å². The average molecular weight is 389 g/mol. The van der Waals surface area contributed by atoms with Crippen LogP contribution < -0.4 is 15.9 Å². The lowest BCUT2D eigenvalue weighted by Gasteiger charge is -2.14. The zero-order valence-corrected chi connectivity index (χ0v) is 14.3. The van der Waals surface area contributed by atoms with Crippen molar-refractivity contribution >= 4 is 17.8 Å². The van der Waals surface area contributed by atoms with Crippen LogP contribution in [0.25, 0.3) is 5.70 Å². The van der Waals surface area contributed by atoms with Crippen molar-refractivity contribution in [3.63, 3.8) is 0 Å². The molecule has 0 fully saturated rings. The standard InChI is InChI=1S/C18H14F3N5O2/c19-18(20,21)14-5-4-11(9-24-14)10-28-17-15(16(22)27)12(6-8-23-17)13-3-1-2-7-25-26-13/h1-9,26H,10H2,(H2,22,27). The molecule has 2 aromatic heterocycles. The van der Waals surface area contributed by atoms with Gasteiger partial charge in [0, 0.05) is 29.7 Å².